The maximum Gasteiger partial charge on any atom is 0.411 e. The van der Waals surface area contributed by atoms with Gasteiger partial charge in [0.05, 0.1) is 18.3 Å². The Morgan fingerprint density at radius 1 is 0.857 bits per heavy atom. The Kier molecular flexibility index (Phi) is 5.40. The molecule has 1 aliphatic heterocycles. The number of carbonyl (C=O) groups excluding carboxylic acids is 1. The summed E-state index contributed by atoms with van der Waals surface area (Å²) in [4.78, 5) is 14.5. The van der Waals surface area contributed by atoms with Crippen LogP contribution in [-0.4, -0.2) is 22.2 Å². The number of carbonyl (C=O) groups is 1. The molecule has 2 aliphatic rings. The Morgan fingerprint density at radius 2 is 1.49 bits per heavy atom. The van der Waals surface area contributed by atoms with Gasteiger partial charge in [0.15, 0.2) is 5.76 Å². The molecule has 0 bridgehead atoms. The van der Waals surface area contributed by atoms with Crippen LogP contribution in [0.15, 0.2) is 83.4 Å². The third-order valence-corrected chi connectivity index (χ3v) is 7.27. The van der Waals surface area contributed by atoms with Crippen LogP contribution in [0.25, 0.3) is 22.5 Å². The van der Waals surface area contributed by atoms with Crippen LogP contribution in [0.3, 0.4) is 0 Å². The van der Waals surface area contributed by atoms with Crippen molar-refractivity contribution in [2.45, 2.75) is 51.3 Å². The Bertz CT molecular complexity index is 1340. The minimum Gasteiger partial charge on any atom is -0.439 e. The quantitative estimate of drug-likeness (QED) is 0.301. The number of hydrogen-bond donors (Lipinski definition) is 0. The van der Waals surface area contributed by atoms with E-state index < -0.39 is 0 Å². The fourth-order valence-corrected chi connectivity index (χ4v) is 4.95. The number of benzene rings is 3. The van der Waals surface area contributed by atoms with Crippen molar-refractivity contribution >= 4 is 6.09 Å². The van der Waals surface area contributed by atoms with Crippen LogP contribution in [0, 0.1) is 6.92 Å². The van der Waals surface area contributed by atoms with Crippen LogP contribution in [0.5, 0.6) is 0 Å². The third kappa shape index (κ3) is 4.12. The SMILES string of the molecule is Cc1noc(-c2ccc(-c3ccc(C4CC4)cc3)cc2)c1CN1C(=O)O[C@H](c2ccccc2)[C@@H]1C. The summed E-state index contributed by atoms with van der Waals surface area (Å²) >= 11 is 0. The van der Waals surface area contributed by atoms with E-state index in [1.54, 1.807) is 4.90 Å². The van der Waals surface area contributed by atoms with Crippen molar-refractivity contribution in [2.75, 3.05) is 0 Å². The van der Waals surface area contributed by atoms with Crippen LogP contribution in [0.1, 0.15) is 54.2 Å². The first-order valence-electron chi connectivity index (χ1n) is 12.3. The predicted octanol–water partition coefficient (Wildman–Crippen LogP) is 7.28. The Morgan fingerprint density at radius 3 is 2.14 bits per heavy atom. The molecule has 2 atom stereocenters. The minimum absolute atomic E-state index is 0.104. The maximum atomic E-state index is 12.8. The second kappa shape index (κ2) is 8.73. The highest BCUT2D eigenvalue weighted by molar-refractivity contribution is 5.73. The summed E-state index contributed by atoms with van der Waals surface area (Å²) in [5.41, 5.74) is 7.44. The zero-order valence-corrected chi connectivity index (χ0v) is 20.0. The van der Waals surface area contributed by atoms with Crippen LogP contribution in [0.4, 0.5) is 4.79 Å². The van der Waals surface area contributed by atoms with Gasteiger partial charge in [-0.1, -0.05) is 84.0 Å². The molecule has 0 N–H and O–H groups in total. The highest BCUT2D eigenvalue weighted by Crippen LogP contribution is 2.41. The lowest BCUT2D eigenvalue weighted by Crippen LogP contribution is -2.31. The second-order valence-electron chi connectivity index (χ2n) is 9.63. The first kappa shape index (κ1) is 21.7. The van der Waals surface area contributed by atoms with Gasteiger partial charge in [-0.05, 0) is 54.9 Å². The van der Waals surface area contributed by atoms with Crippen LogP contribution < -0.4 is 0 Å². The van der Waals surface area contributed by atoms with Crippen molar-refractivity contribution in [1.29, 1.82) is 0 Å². The summed E-state index contributed by atoms with van der Waals surface area (Å²) in [6.07, 6.45) is 2.02. The predicted molar refractivity (Wildman–Crippen MR) is 135 cm³/mol. The number of cyclic esters (lactones) is 1. The molecule has 5 nitrogen and oxygen atoms in total. The minimum atomic E-state index is -0.317. The number of aromatic nitrogens is 1. The number of amides is 1. The molecule has 35 heavy (non-hydrogen) atoms. The third-order valence-electron chi connectivity index (χ3n) is 7.27. The first-order chi connectivity index (χ1) is 17.1. The van der Waals surface area contributed by atoms with Gasteiger partial charge in [0.25, 0.3) is 0 Å². The molecular weight excluding hydrogens is 436 g/mol. The highest BCUT2D eigenvalue weighted by atomic mass is 16.6. The zero-order chi connectivity index (χ0) is 23.9. The molecule has 1 saturated heterocycles. The fourth-order valence-electron chi connectivity index (χ4n) is 4.95. The summed E-state index contributed by atoms with van der Waals surface area (Å²) in [5.74, 6) is 1.46. The number of aryl methyl sites for hydroxylation is 1. The Hall–Kier alpha value is -3.86. The topological polar surface area (TPSA) is 55.6 Å². The molecule has 0 spiro atoms. The standard InChI is InChI=1S/C30H28N2O3/c1-19-27(18-32-20(2)28(34-30(32)33)25-6-4-3-5-7-25)29(35-31-19)26-16-14-24(15-17-26)23-12-10-22(11-13-23)21-8-9-21/h3-7,10-17,20-21,28H,8-9,18H2,1-2H3/t20-,28-/m0/s1. The van der Waals surface area contributed by atoms with Gasteiger partial charge >= 0.3 is 6.09 Å². The van der Waals surface area contributed by atoms with E-state index in [1.807, 2.05) is 44.2 Å². The molecule has 0 radical (unpaired) electrons. The van der Waals surface area contributed by atoms with Crippen LogP contribution in [0.2, 0.25) is 0 Å². The molecule has 2 heterocycles. The molecular formula is C30H28N2O3. The van der Waals surface area contributed by atoms with E-state index in [0.717, 1.165) is 33.9 Å². The summed E-state index contributed by atoms with van der Waals surface area (Å²) in [5, 5.41) is 4.22. The van der Waals surface area contributed by atoms with Gasteiger partial charge in [-0.3, -0.25) is 4.90 Å². The average Bonchev–Trinajstić information content (AvgIpc) is 3.63. The van der Waals surface area contributed by atoms with E-state index in [-0.39, 0.29) is 18.2 Å². The smallest absolute Gasteiger partial charge is 0.411 e. The van der Waals surface area contributed by atoms with Crippen molar-refractivity contribution in [2.24, 2.45) is 0 Å². The van der Waals surface area contributed by atoms with Gasteiger partial charge in [0.2, 0.25) is 0 Å². The van der Waals surface area contributed by atoms with Gasteiger partial charge in [-0.25, -0.2) is 4.79 Å². The summed E-state index contributed by atoms with van der Waals surface area (Å²) < 4.78 is 11.5. The normalized spacial score (nSPS) is 19.7. The van der Waals surface area contributed by atoms with Gasteiger partial charge in [-0.15, -0.1) is 0 Å². The number of rotatable bonds is 6. The van der Waals surface area contributed by atoms with E-state index in [4.69, 9.17) is 9.26 Å². The Labute approximate surface area is 205 Å². The van der Waals surface area contributed by atoms with E-state index in [2.05, 4.69) is 53.7 Å². The molecule has 0 unspecified atom stereocenters. The summed E-state index contributed by atoms with van der Waals surface area (Å²) in [7, 11) is 0. The van der Waals surface area contributed by atoms with E-state index in [9.17, 15) is 4.79 Å². The molecule has 1 saturated carbocycles. The average molecular weight is 465 g/mol. The molecule has 1 amide bonds. The monoisotopic (exact) mass is 464 g/mol. The second-order valence-corrected chi connectivity index (χ2v) is 9.63. The van der Waals surface area contributed by atoms with Gasteiger partial charge in [0, 0.05) is 11.1 Å². The lowest BCUT2D eigenvalue weighted by molar-refractivity contribution is 0.130. The molecule has 1 aromatic heterocycles. The molecule has 176 valence electrons. The number of hydrogen-bond acceptors (Lipinski definition) is 4. The van der Waals surface area contributed by atoms with Crippen LogP contribution in [-0.2, 0) is 11.3 Å². The lowest BCUT2D eigenvalue weighted by Gasteiger charge is -2.21. The van der Waals surface area contributed by atoms with Gasteiger partial charge < -0.3 is 9.26 Å². The Balaban J connectivity index is 1.23. The van der Waals surface area contributed by atoms with Crippen molar-refractivity contribution in [3.05, 3.63) is 101 Å². The molecule has 4 aromatic rings. The van der Waals surface area contributed by atoms with Gasteiger partial charge in [-0.2, -0.15) is 0 Å². The summed E-state index contributed by atoms with van der Waals surface area (Å²) in [6.45, 7) is 4.33. The molecule has 6 rings (SSSR count). The first-order valence-corrected chi connectivity index (χ1v) is 12.3. The highest BCUT2D eigenvalue weighted by Gasteiger charge is 2.40. The van der Waals surface area contributed by atoms with Crippen LogP contribution >= 0.6 is 0 Å². The van der Waals surface area contributed by atoms with E-state index in [0.29, 0.717) is 12.3 Å². The molecule has 5 heteroatoms. The van der Waals surface area contributed by atoms with Gasteiger partial charge in [0.1, 0.15) is 6.10 Å². The van der Waals surface area contributed by atoms with Crippen molar-refractivity contribution in [3.63, 3.8) is 0 Å². The number of ether oxygens (including phenoxy) is 1. The van der Waals surface area contributed by atoms with Crippen molar-refractivity contribution in [3.8, 4) is 22.5 Å². The molecule has 2 fully saturated rings. The lowest BCUT2D eigenvalue weighted by atomic mass is 9.99. The summed E-state index contributed by atoms with van der Waals surface area (Å²) in [6, 6.07) is 27.0. The fraction of sp³-hybridized carbons (Fsp3) is 0.267. The van der Waals surface area contributed by atoms with Crippen molar-refractivity contribution < 1.29 is 14.1 Å². The largest absolute Gasteiger partial charge is 0.439 e. The van der Waals surface area contributed by atoms with E-state index >= 15 is 0 Å². The molecule has 3 aromatic carbocycles. The zero-order valence-electron chi connectivity index (χ0n) is 20.0. The maximum absolute atomic E-state index is 12.8. The molecule has 1 aliphatic carbocycles. The van der Waals surface area contributed by atoms with E-state index in [1.165, 1.54) is 24.0 Å². The van der Waals surface area contributed by atoms with Crippen molar-refractivity contribution in [1.82, 2.24) is 10.1 Å². The number of nitrogens with zero attached hydrogens (tertiary/aromatic N) is 2.